The van der Waals surface area contributed by atoms with E-state index in [2.05, 4.69) is 27.9 Å². The van der Waals surface area contributed by atoms with Crippen molar-refractivity contribution in [1.82, 2.24) is 5.32 Å². The zero-order chi connectivity index (χ0) is 15.2. The van der Waals surface area contributed by atoms with Gasteiger partial charge in [0.15, 0.2) is 0 Å². The van der Waals surface area contributed by atoms with Gasteiger partial charge in [-0.3, -0.25) is 4.79 Å². The maximum atomic E-state index is 12.3. The standard InChI is InChI=1S/C16H20INO3/c1-11(19)18-15(10-12-6-8-13(17)9-7-12)16(20)21-14-4-2-3-5-14/h6-9,14-15H,2-5,10H2,1H3,(H,18,19)/t15-/m0/s1. The highest BCUT2D eigenvalue weighted by molar-refractivity contribution is 14.1. The first-order chi connectivity index (χ1) is 10.0. The van der Waals surface area contributed by atoms with Crippen molar-refractivity contribution in [3.8, 4) is 0 Å². The molecule has 1 saturated carbocycles. The summed E-state index contributed by atoms with van der Waals surface area (Å²) in [4.78, 5) is 23.6. The Hall–Kier alpha value is -1.11. The minimum Gasteiger partial charge on any atom is -0.461 e. The number of halogens is 1. The lowest BCUT2D eigenvalue weighted by molar-refractivity contribution is -0.152. The number of carbonyl (C=O) groups excluding carboxylic acids is 2. The average molecular weight is 401 g/mol. The summed E-state index contributed by atoms with van der Waals surface area (Å²) >= 11 is 2.23. The molecule has 1 aliphatic carbocycles. The number of carbonyl (C=O) groups is 2. The van der Waals surface area contributed by atoms with Gasteiger partial charge in [-0.1, -0.05) is 12.1 Å². The molecule has 0 spiro atoms. The first-order valence-corrected chi connectivity index (χ1v) is 8.34. The molecule has 21 heavy (non-hydrogen) atoms. The molecule has 0 bridgehead atoms. The molecule has 1 amide bonds. The second-order valence-electron chi connectivity index (χ2n) is 5.43. The van der Waals surface area contributed by atoms with Crippen LogP contribution in [0.15, 0.2) is 24.3 Å². The van der Waals surface area contributed by atoms with Crippen molar-refractivity contribution in [1.29, 1.82) is 0 Å². The summed E-state index contributed by atoms with van der Waals surface area (Å²) in [5, 5.41) is 2.70. The Morgan fingerprint density at radius 2 is 1.90 bits per heavy atom. The van der Waals surface area contributed by atoms with Crippen molar-refractivity contribution in [2.75, 3.05) is 0 Å². The van der Waals surface area contributed by atoms with Crippen LogP contribution in [0.2, 0.25) is 0 Å². The highest BCUT2D eigenvalue weighted by atomic mass is 127. The number of esters is 1. The summed E-state index contributed by atoms with van der Waals surface area (Å²) in [5.74, 6) is -0.537. The van der Waals surface area contributed by atoms with Gasteiger partial charge in [-0.05, 0) is 66.0 Å². The molecule has 1 atom stereocenters. The lowest BCUT2D eigenvalue weighted by Crippen LogP contribution is -2.43. The Labute approximate surface area is 138 Å². The van der Waals surface area contributed by atoms with Gasteiger partial charge in [-0.25, -0.2) is 4.79 Å². The van der Waals surface area contributed by atoms with E-state index in [0.717, 1.165) is 34.8 Å². The SMILES string of the molecule is CC(=O)N[C@@H](Cc1ccc(I)cc1)C(=O)OC1CCCC1. The third-order valence-corrected chi connectivity index (χ3v) is 4.32. The van der Waals surface area contributed by atoms with Gasteiger partial charge >= 0.3 is 5.97 Å². The molecule has 0 saturated heterocycles. The molecular formula is C16H20INO3. The number of rotatable bonds is 5. The Bertz CT molecular complexity index is 495. The van der Waals surface area contributed by atoms with Crippen LogP contribution in [0.25, 0.3) is 0 Å². The molecule has 5 heteroatoms. The molecule has 0 aromatic heterocycles. The lowest BCUT2D eigenvalue weighted by atomic mass is 10.1. The van der Waals surface area contributed by atoms with Gasteiger partial charge < -0.3 is 10.1 Å². The van der Waals surface area contributed by atoms with Gasteiger partial charge in [-0.2, -0.15) is 0 Å². The van der Waals surface area contributed by atoms with Gasteiger partial charge in [0.25, 0.3) is 0 Å². The zero-order valence-corrected chi connectivity index (χ0v) is 14.3. The smallest absolute Gasteiger partial charge is 0.329 e. The largest absolute Gasteiger partial charge is 0.461 e. The number of amides is 1. The third kappa shape index (κ3) is 5.30. The minimum absolute atomic E-state index is 0.0190. The molecule has 1 N–H and O–H groups in total. The molecule has 0 heterocycles. The molecule has 1 fully saturated rings. The van der Waals surface area contributed by atoms with Gasteiger partial charge in [0.1, 0.15) is 12.1 Å². The third-order valence-electron chi connectivity index (χ3n) is 3.60. The summed E-state index contributed by atoms with van der Waals surface area (Å²) < 4.78 is 6.65. The van der Waals surface area contributed by atoms with Crippen LogP contribution in [-0.2, 0) is 20.7 Å². The highest BCUT2D eigenvalue weighted by Gasteiger charge is 2.26. The summed E-state index contributed by atoms with van der Waals surface area (Å²) in [5.41, 5.74) is 1.01. The van der Waals surface area contributed by atoms with Gasteiger partial charge in [0, 0.05) is 16.9 Å². The predicted octanol–water partition coefficient (Wildman–Crippen LogP) is 2.82. The fourth-order valence-electron chi connectivity index (χ4n) is 2.55. The molecule has 0 radical (unpaired) electrons. The quantitative estimate of drug-likeness (QED) is 0.610. The van der Waals surface area contributed by atoms with Gasteiger partial charge in [0.2, 0.25) is 5.91 Å². The second-order valence-corrected chi connectivity index (χ2v) is 6.67. The predicted molar refractivity (Wildman–Crippen MR) is 88.8 cm³/mol. The van der Waals surface area contributed by atoms with E-state index < -0.39 is 6.04 Å². The summed E-state index contributed by atoms with van der Waals surface area (Å²) in [7, 11) is 0. The Balaban J connectivity index is 2.00. The molecule has 1 aliphatic rings. The fraction of sp³-hybridized carbons (Fsp3) is 0.500. The van der Waals surface area contributed by atoms with E-state index in [9.17, 15) is 9.59 Å². The Kier molecular flexibility index (Phi) is 6.02. The van der Waals surface area contributed by atoms with Gasteiger partial charge in [0.05, 0.1) is 0 Å². The van der Waals surface area contributed by atoms with Crippen LogP contribution in [0.1, 0.15) is 38.2 Å². The van der Waals surface area contributed by atoms with Crippen LogP contribution in [0.4, 0.5) is 0 Å². The molecule has 114 valence electrons. The summed E-state index contributed by atoms with van der Waals surface area (Å²) in [6, 6.07) is 7.31. The number of ether oxygens (including phenoxy) is 1. The van der Waals surface area contributed by atoms with E-state index >= 15 is 0 Å². The molecular weight excluding hydrogens is 381 g/mol. The molecule has 4 nitrogen and oxygen atoms in total. The highest BCUT2D eigenvalue weighted by Crippen LogP contribution is 2.21. The number of hydrogen-bond acceptors (Lipinski definition) is 3. The monoisotopic (exact) mass is 401 g/mol. The second kappa shape index (κ2) is 7.77. The number of benzene rings is 1. The molecule has 1 aromatic rings. The van der Waals surface area contributed by atoms with Crippen LogP contribution in [0.3, 0.4) is 0 Å². The van der Waals surface area contributed by atoms with Crippen molar-refractivity contribution in [3.05, 3.63) is 33.4 Å². The van der Waals surface area contributed by atoms with Crippen molar-refractivity contribution < 1.29 is 14.3 Å². The summed E-state index contributed by atoms with van der Waals surface area (Å²) in [6.07, 6.45) is 4.57. The minimum atomic E-state index is -0.608. The first kappa shape index (κ1) is 16.3. The Morgan fingerprint density at radius 3 is 2.48 bits per heavy atom. The number of nitrogens with one attached hydrogen (secondary N) is 1. The van der Waals surface area contributed by atoms with Crippen molar-refractivity contribution >= 4 is 34.5 Å². The van der Waals surface area contributed by atoms with E-state index in [1.807, 2.05) is 24.3 Å². The van der Waals surface area contributed by atoms with E-state index in [-0.39, 0.29) is 18.0 Å². The normalized spacial score (nSPS) is 16.5. The summed E-state index contributed by atoms with van der Waals surface area (Å²) in [6.45, 7) is 1.42. The molecule has 0 unspecified atom stereocenters. The van der Waals surface area contributed by atoms with E-state index in [1.54, 1.807) is 0 Å². The number of hydrogen-bond donors (Lipinski definition) is 1. The van der Waals surface area contributed by atoms with Crippen LogP contribution in [-0.4, -0.2) is 24.0 Å². The first-order valence-electron chi connectivity index (χ1n) is 7.26. The topological polar surface area (TPSA) is 55.4 Å². The molecule has 0 aliphatic heterocycles. The van der Waals surface area contributed by atoms with E-state index in [1.165, 1.54) is 6.92 Å². The van der Waals surface area contributed by atoms with E-state index in [4.69, 9.17) is 4.74 Å². The van der Waals surface area contributed by atoms with Gasteiger partial charge in [-0.15, -0.1) is 0 Å². The van der Waals surface area contributed by atoms with Crippen LogP contribution in [0, 0.1) is 3.57 Å². The van der Waals surface area contributed by atoms with Crippen molar-refractivity contribution in [2.45, 2.75) is 51.2 Å². The Morgan fingerprint density at radius 1 is 1.29 bits per heavy atom. The molecule has 2 rings (SSSR count). The van der Waals surface area contributed by atoms with Crippen LogP contribution in [0.5, 0.6) is 0 Å². The fourth-order valence-corrected chi connectivity index (χ4v) is 2.91. The molecule has 1 aromatic carbocycles. The van der Waals surface area contributed by atoms with Crippen LogP contribution < -0.4 is 5.32 Å². The zero-order valence-electron chi connectivity index (χ0n) is 12.1. The lowest BCUT2D eigenvalue weighted by Gasteiger charge is -2.19. The maximum Gasteiger partial charge on any atom is 0.329 e. The van der Waals surface area contributed by atoms with Crippen molar-refractivity contribution in [3.63, 3.8) is 0 Å². The van der Waals surface area contributed by atoms with Crippen molar-refractivity contribution in [2.24, 2.45) is 0 Å². The average Bonchev–Trinajstić information content (AvgIpc) is 2.93. The van der Waals surface area contributed by atoms with Crippen LogP contribution >= 0.6 is 22.6 Å². The maximum absolute atomic E-state index is 12.3. The van der Waals surface area contributed by atoms with E-state index in [0.29, 0.717) is 6.42 Å².